The molecule has 7 aliphatic heterocycles. The van der Waals surface area contributed by atoms with Gasteiger partial charge in [-0.1, -0.05) is 71.9 Å². The number of quaternary nitrogens is 4. The molecule has 0 spiro atoms. The SMILES string of the molecule is CCC(C)c1ccccc1.CCC1C(COCCC(O)C[N+](C)(C)C)OCC(O)C1O.CCC[N+]12CCC(CC)(CC1)CC2.COCC1OC(COCCC(O)C[N+](C)(C)C)C(COCC2OC(COC3C(COC)OC(COCC(O)C[N+](C)(C)C)C(C)C3O)C(COC)C(O)C2O)C(O)C1O. The van der Waals surface area contributed by atoms with Crippen LogP contribution in [0.4, 0.5) is 0 Å². The second kappa shape index (κ2) is 46.1. The van der Waals surface area contributed by atoms with E-state index in [2.05, 4.69) is 58.0 Å². The minimum atomic E-state index is -1.36. The molecular weight excluding hydrogens is 1330 g/mol. The zero-order valence-electron chi connectivity index (χ0n) is 66.8. The van der Waals surface area contributed by atoms with Crippen molar-refractivity contribution in [1.29, 1.82) is 0 Å². The Balaban J connectivity index is 0.000000404. The van der Waals surface area contributed by atoms with Gasteiger partial charge in [0.1, 0.15) is 80.7 Å². The van der Waals surface area contributed by atoms with Gasteiger partial charge >= 0.3 is 0 Å². The number of benzene rings is 1. The van der Waals surface area contributed by atoms with Crippen molar-refractivity contribution >= 4 is 0 Å². The van der Waals surface area contributed by atoms with Crippen molar-refractivity contribution in [2.45, 2.75) is 215 Å². The van der Waals surface area contributed by atoms with Crippen molar-refractivity contribution < 1.29 is 126 Å². The molecule has 7 aliphatic rings. The van der Waals surface area contributed by atoms with E-state index in [-0.39, 0.29) is 90.8 Å². The second-order valence-corrected chi connectivity index (χ2v) is 33.7. The number of hydrogen-bond donors (Lipinski definition) is 10. The van der Waals surface area contributed by atoms with E-state index >= 15 is 0 Å². The van der Waals surface area contributed by atoms with Crippen LogP contribution in [-0.4, -0.2) is 395 Å². The summed E-state index contributed by atoms with van der Waals surface area (Å²) in [6, 6.07) is 10.6. The van der Waals surface area contributed by atoms with Crippen molar-refractivity contribution in [3.8, 4) is 0 Å². The number of aliphatic hydroxyl groups excluding tert-OH is 10. The molecule has 26 nitrogen and oxygen atoms in total. The van der Waals surface area contributed by atoms with Crippen LogP contribution in [0.25, 0.3) is 0 Å². The first-order valence-corrected chi connectivity index (χ1v) is 38.6. The molecule has 7 fully saturated rings. The van der Waals surface area contributed by atoms with Gasteiger partial charge in [0.2, 0.25) is 0 Å². The van der Waals surface area contributed by atoms with Gasteiger partial charge in [-0.05, 0) is 42.6 Å². The number of rotatable bonds is 39. The highest BCUT2D eigenvalue weighted by Crippen LogP contribution is 2.46. The summed E-state index contributed by atoms with van der Waals surface area (Å²) in [6.07, 6.45) is -4.54. The van der Waals surface area contributed by atoms with E-state index in [4.69, 9.17) is 56.8 Å². The van der Waals surface area contributed by atoms with Crippen molar-refractivity contribution in [2.24, 2.45) is 29.1 Å². The fourth-order valence-corrected chi connectivity index (χ4v) is 15.4. The van der Waals surface area contributed by atoms with Crippen LogP contribution >= 0.6 is 0 Å². The molecule has 2 bridgehead atoms. The van der Waals surface area contributed by atoms with E-state index in [1.165, 1.54) is 96.1 Å². The van der Waals surface area contributed by atoms with Gasteiger partial charge in [0.15, 0.2) is 0 Å². The molecule has 7 heterocycles. The Kier molecular flexibility index (Phi) is 41.9. The lowest BCUT2D eigenvalue weighted by Gasteiger charge is -2.54. The predicted octanol–water partition coefficient (Wildman–Crippen LogP) is 2.47. The Morgan fingerprint density at radius 1 is 0.505 bits per heavy atom. The van der Waals surface area contributed by atoms with Gasteiger partial charge in [0.05, 0.1) is 211 Å². The Morgan fingerprint density at radius 2 is 0.971 bits per heavy atom. The number of piperidine rings is 3. The molecule has 0 saturated carbocycles. The Morgan fingerprint density at radius 3 is 1.47 bits per heavy atom. The molecule has 10 N–H and O–H groups in total. The van der Waals surface area contributed by atoms with Crippen molar-refractivity contribution in [3.05, 3.63) is 35.9 Å². The number of methoxy groups -OCH3 is 3. The molecule has 0 aliphatic carbocycles. The monoisotopic (exact) mass is 1480 g/mol. The van der Waals surface area contributed by atoms with Crippen LogP contribution in [0.15, 0.2) is 30.3 Å². The summed E-state index contributed by atoms with van der Waals surface area (Å²) >= 11 is 0. The highest BCUT2D eigenvalue weighted by molar-refractivity contribution is 5.18. The molecule has 26 heteroatoms. The number of ether oxygens (including phenoxy) is 12. The lowest BCUT2D eigenvalue weighted by molar-refractivity contribution is -0.945. The third kappa shape index (κ3) is 31.8. The lowest BCUT2D eigenvalue weighted by atomic mass is 9.69. The minimum absolute atomic E-state index is 0.0426. The lowest BCUT2D eigenvalue weighted by Crippen LogP contribution is -2.61. The zero-order chi connectivity index (χ0) is 76.9. The van der Waals surface area contributed by atoms with E-state index in [9.17, 15) is 51.1 Å². The molecular formula is C77H150N4O22+4. The fraction of sp³-hybridized carbons (Fsp3) is 0.922. The van der Waals surface area contributed by atoms with Crippen molar-refractivity contribution in [3.63, 3.8) is 0 Å². The van der Waals surface area contributed by atoms with E-state index in [1.54, 1.807) is 0 Å². The first kappa shape index (κ1) is 93.6. The van der Waals surface area contributed by atoms with Crippen LogP contribution in [0.1, 0.15) is 111 Å². The van der Waals surface area contributed by atoms with Crippen LogP contribution in [0, 0.1) is 29.1 Å². The highest BCUT2D eigenvalue weighted by atomic mass is 16.6. The predicted molar refractivity (Wildman–Crippen MR) is 394 cm³/mol. The van der Waals surface area contributed by atoms with Gasteiger partial charge in [0, 0.05) is 90.3 Å². The Hall–Kier alpha value is -1.82. The summed E-state index contributed by atoms with van der Waals surface area (Å²) in [5.74, 6) is -1.24. The van der Waals surface area contributed by atoms with Gasteiger partial charge in [-0.3, -0.25) is 0 Å². The molecule has 23 unspecified atom stereocenters. The third-order valence-corrected chi connectivity index (χ3v) is 21.9. The number of aliphatic hydroxyl groups is 10. The van der Waals surface area contributed by atoms with Gasteiger partial charge in [-0.2, -0.15) is 0 Å². The average molecular weight is 1480 g/mol. The average Bonchev–Trinajstić information content (AvgIpc) is 0.773. The van der Waals surface area contributed by atoms with Crippen LogP contribution < -0.4 is 0 Å². The van der Waals surface area contributed by atoms with Crippen LogP contribution in [0.2, 0.25) is 0 Å². The molecule has 606 valence electrons. The normalized spacial score (nSPS) is 34.6. The third-order valence-electron chi connectivity index (χ3n) is 21.9. The van der Waals surface area contributed by atoms with E-state index in [0.29, 0.717) is 60.6 Å². The first-order valence-electron chi connectivity index (χ1n) is 38.6. The highest BCUT2D eigenvalue weighted by Gasteiger charge is 2.51. The number of nitrogens with zero attached hydrogens (tertiary/aromatic N) is 4. The summed E-state index contributed by atoms with van der Waals surface area (Å²) in [7, 11) is 22.5. The summed E-state index contributed by atoms with van der Waals surface area (Å²) < 4.78 is 73.3. The molecule has 1 aromatic rings. The van der Waals surface area contributed by atoms with Gasteiger partial charge in [-0.15, -0.1) is 0 Å². The maximum atomic E-state index is 11.5. The second-order valence-electron chi connectivity index (χ2n) is 33.7. The summed E-state index contributed by atoms with van der Waals surface area (Å²) in [5, 5.41) is 106. The molecule has 1 aromatic carbocycles. The van der Waals surface area contributed by atoms with Crippen molar-refractivity contribution in [2.75, 3.05) is 216 Å². The van der Waals surface area contributed by atoms with Crippen molar-refractivity contribution in [1.82, 2.24) is 0 Å². The van der Waals surface area contributed by atoms with Crippen LogP contribution in [-0.2, 0) is 56.8 Å². The molecule has 0 amide bonds. The van der Waals surface area contributed by atoms with Crippen LogP contribution in [0.3, 0.4) is 0 Å². The van der Waals surface area contributed by atoms with Gasteiger partial charge < -0.3 is 126 Å². The number of fused-ring (bicyclic) bond motifs is 3. The smallest absolute Gasteiger partial charge is 0.126 e. The minimum Gasteiger partial charge on any atom is -0.390 e. The summed E-state index contributed by atoms with van der Waals surface area (Å²) in [4.78, 5) is 0. The molecule has 103 heavy (non-hydrogen) atoms. The van der Waals surface area contributed by atoms with E-state index in [0.717, 1.165) is 16.3 Å². The van der Waals surface area contributed by atoms with E-state index < -0.39 is 115 Å². The van der Waals surface area contributed by atoms with Crippen LogP contribution in [0.5, 0.6) is 0 Å². The number of hydrogen-bond acceptors (Lipinski definition) is 22. The quantitative estimate of drug-likeness (QED) is 0.0334. The molecule has 23 atom stereocenters. The topological polar surface area (TPSA) is 313 Å². The molecule has 0 aromatic heterocycles. The first-order chi connectivity index (χ1) is 48.5. The summed E-state index contributed by atoms with van der Waals surface area (Å²) in [5.41, 5.74) is 2.23. The number of likely N-dealkylation sites (N-methyl/N-ethyl adjacent to an activating group) is 3. The molecule has 0 radical (unpaired) electrons. The molecule has 7 saturated heterocycles. The van der Waals surface area contributed by atoms with E-state index in [1.807, 2.05) is 77.3 Å². The Labute approximate surface area is 620 Å². The van der Waals surface area contributed by atoms with Gasteiger partial charge in [-0.25, -0.2) is 0 Å². The molecule has 8 rings (SSSR count). The zero-order valence-corrected chi connectivity index (χ0v) is 66.8. The van der Waals surface area contributed by atoms with Gasteiger partial charge in [0.25, 0.3) is 0 Å². The standard InChI is InChI=1S/C40H80N2O17.C15H32NO5.C12H24N.C10H14/c1-24-29(20-54-15-26(44)14-42(5,6)7)57-34(19-52-10)40(35(24)45)56-23-31-27(16-50-8)36(46)39(49)33(59-31)22-55-17-28-30(58-32(18-51-9)38(48)37(28)47)21-53-12-11-25(43)13-41(2,3)4;1-5-12-14(21-9-13(18)15(12)19)10-20-7-6-11(17)8-16(2,3)4;1-3-8-13-9-5-12(4-2,6-10-13)7-11-13;1-3-9(2)10-7-5-4-6-8-10/h24-40,43-49H,11-23H2,1-10H3;11-15,17-19H,5-10H2,1-4H3;3-11H2,1-2H3;4-9H,3H2,1-2H3/q+2;2*+1;. The largest absolute Gasteiger partial charge is 0.390 e. The summed E-state index contributed by atoms with van der Waals surface area (Å²) in [6.45, 7) is 22.0. The maximum Gasteiger partial charge on any atom is 0.126 e. The Bertz CT molecular complexity index is 2340. The fourth-order valence-electron chi connectivity index (χ4n) is 15.4. The maximum absolute atomic E-state index is 11.5.